The van der Waals surface area contributed by atoms with Crippen molar-refractivity contribution in [1.82, 2.24) is 0 Å². The number of hydrogen-bond acceptors (Lipinski definition) is 2. The lowest BCUT2D eigenvalue weighted by atomic mass is 10.1. The molecule has 0 saturated carbocycles. The van der Waals surface area contributed by atoms with Gasteiger partial charge in [-0.1, -0.05) is 17.7 Å². The lowest BCUT2D eigenvalue weighted by Crippen LogP contribution is -2.16. The summed E-state index contributed by atoms with van der Waals surface area (Å²) in [6, 6.07) is 14.3. The first kappa shape index (κ1) is 14.8. The highest BCUT2D eigenvalue weighted by Crippen LogP contribution is 2.29. The van der Waals surface area contributed by atoms with Crippen LogP contribution >= 0.6 is 15.9 Å². The molecular formula is C17H18BrNO. The minimum Gasteiger partial charge on any atom is -0.342 e. The minimum atomic E-state index is 0.0711. The topological polar surface area (TPSA) is 20.3 Å². The quantitative estimate of drug-likeness (QED) is 0.725. The molecule has 0 amide bonds. The van der Waals surface area contributed by atoms with Gasteiger partial charge in [0.25, 0.3) is 0 Å². The summed E-state index contributed by atoms with van der Waals surface area (Å²) < 4.78 is 0.841. The fraction of sp³-hybridized carbons (Fsp3) is 0.235. The molecule has 2 nitrogen and oxygen atoms in total. The molecule has 104 valence electrons. The molecule has 0 atom stereocenters. The van der Waals surface area contributed by atoms with E-state index < -0.39 is 0 Å². The van der Waals surface area contributed by atoms with Gasteiger partial charge < -0.3 is 4.90 Å². The smallest absolute Gasteiger partial charge is 0.160 e. The highest BCUT2D eigenvalue weighted by molar-refractivity contribution is 9.10. The molecule has 0 radical (unpaired) electrons. The third-order valence-corrected chi connectivity index (χ3v) is 3.96. The fourth-order valence-corrected chi connectivity index (χ4v) is 2.84. The van der Waals surface area contributed by atoms with Crippen molar-refractivity contribution in [2.24, 2.45) is 0 Å². The van der Waals surface area contributed by atoms with E-state index in [1.165, 1.54) is 5.56 Å². The maximum Gasteiger partial charge on any atom is 0.160 e. The molecule has 0 aliphatic heterocycles. The van der Waals surface area contributed by atoms with E-state index in [0.717, 1.165) is 22.4 Å². The molecule has 0 aliphatic carbocycles. The summed E-state index contributed by atoms with van der Waals surface area (Å²) in [5.41, 5.74) is 4.19. The molecule has 0 aromatic heterocycles. The van der Waals surface area contributed by atoms with E-state index in [0.29, 0.717) is 5.56 Å². The van der Waals surface area contributed by atoms with Crippen LogP contribution in [0.15, 0.2) is 46.9 Å². The van der Waals surface area contributed by atoms with Crippen LogP contribution in [0.4, 0.5) is 11.4 Å². The second-order valence-corrected chi connectivity index (χ2v) is 5.65. The van der Waals surface area contributed by atoms with E-state index in [9.17, 15) is 4.79 Å². The SMILES string of the molecule is CCN(c1ccc(C)cc1)c1ccc(C(C)=O)c(Br)c1. The Morgan fingerprint density at radius 3 is 2.20 bits per heavy atom. The lowest BCUT2D eigenvalue weighted by molar-refractivity contribution is 0.101. The van der Waals surface area contributed by atoms with Crippen LogP contribution in [-0.4, -0.2) is 12.3 Å². The van der Waals surface area contributed by atoms with Crippen LogP contribution in [-0.2, 0) is 0 Å². The molecule has 0 heterocycles. The molecule has 20 heavy (non-hydrogen) atoms. The second kappa shape index (κ2) is 6.23. The van der Waals surface area contributed by atoms with Gasteiger partial charge >= 0.3 is 0 Å². The van der Waals surface area contributed by atoms with Crippen molar-refractivity contribution in [3.05, 3.63) is 58.1 Å². The average Bonchev–Trinajstić information content (AvgIpc) is 2.41. The molecule has 0 fully saturated rings. The first-order valence-electron chi connectivity index (χ1n) is 6.67. The summed E-state index contributed by atoms with van der Waals surface area (Å²) in [4.78, 5) is 13.7. The largest absolute Gasteiger partial charge is 0.342 e. The monoisotopic (exact) mass is 331 g/mol. The molecule has 2 aromatic rings. The molecule has 2 rings (SSSR count). The van der Waals surface area contributed by atoms with Gasteiger partial charge in [0, 0.05) is 28.0 Å². The molecule has 0 N–H and O–H groups in total. The van der Waals surface area contributed by atoms with Gasteiger partial charge in [-0.3, -0.25) is 4.79 Å². The Morgan fingerprint density at radius 2 is 1.70 bits per heavy atom. The molecule has 0 aliphatic rings. The average molecular weight is 332 g/mol. The van der Waals surface area contributed by atoms with Crippen LogP contribution in [0.5, 0.6) is 0 Å². The Balaban J connectivity index is 2.39. The van der Waals surface area contributed by atoms with Crippen molar-refractivity contribution in [2.75, 3.05) is 11.4 Å². The highest BCUT2D eigenvalue weighted by atomic mass is 79.9. The molecule has 2 aromatic carbocycles. The maximum atomic E-state index is 11.5. The Kier molecular flexibility index (Phi) is 4.61. The molecular weight excluding hydrogens is 314 g/mol. The summed E-state index contributed by atoms with van der Waals surface area (Å²) >= 11 is 3.48. The number of ketones is 1. The van der Waals surface area contributed by atoms with E-state index in [1.54, 1.807) is 6.92 Å². The number of rotatable bonds is 4. The van der Waals surface area contributed by atoms with E-state index in [1.807, 2.05) is 18.2 Å². The number of aryl methyl sites for hydroxylation is 1. The Hall–Kier alpha value is -1.61. The van der Waals surface area contributed by atoms with Crippen LogP contribution in [0, 0.1) is 6.92 Å². The number of carbonyl (C=O) groups is 1. The number of carbonyl (C=O) groups excluding carboxylic acids is 1. The van der Waals surface area contributed by atoms with E-state index in [-0.39, 0.29) is 5.78 Å². The number of nitrogens with zero attached hydrogens (tertiary/aromatic N) is 1. The molecule has 0 bridgehead atoms. The van der Waals surface area contributed by atoms with Crippen LogP contribution in [0.25, 0.3) is 0 Å². The van der Waals surface area contributed by atoms with Crippen molar-refractivity contribution in [3.63, 3.8) is 0 Å². The summed E-state index contributed by atoms with van der Waals surface area (Å²) in [6.07, 6.45) is 0. The number of Topliss-reactive ketones (excluding diaryl/α,β-unsaturated/α-hetero) is 1. The number of anilines is 2. The zero-order valence-electron chi connectivity index (χ0n) is 12.0. The molecule has 0 saturated heterocycles. The van der Waals surface area contributed by atoms with Gasteiger partial charge in [-0.2, -0.15) is 0 Å². The summed E-state index contributed by atoms with van der Waals surface area (Å²) in [5.74, 6) is 0.0711. The van der Waals surface area contributed by atoms with Crippen LogP contribution < -0.4 is 4.90 Å². The first-order valence-corrected chi connectivity index (χ1v) is 7.47. The van der Waals surface area contributed by atoms with Gasteiger partial charge in [0.05, 0.1) is 0 Å². The third-order valence-electron chi connectivity index (χ3n) is 3.31. The lowest BCUT2D eigenvalue weighted by Gasteiger charge is -2.24. The maximum absolute atomic E-state index is 11.5. The van der Waals surface area contributed by atoms with Crippen molar-refractivity contribution >= 4 is 33.1 Å². The Labute approximate surface area is 128 Å². The zero-order valence-corrected chi connectivity index (χ0v) is 13.6. The number of halogens is 1. The zero-order chi connectivity index (χ0) is 14.7. The van der Waals surface area contributed by atoms with E-state index in [4.69, 9.17) is 0 Å². The van der Waals surface area contributed by atoms with E-state index in [2.05, 4.69) is 58.9 Å². The first-order chi connectivity index (χ1) is 9.52. The minimum absolute atomic E-state index is 0.0711. The summed E-state index contributed by atoms with van der Waals surface area (Å²) in [7, 11) is 0. The van der Waals surface area contributed by atoms with Gasteiger partial charge in [0.2, 0.25) is 0 Å². The molecule has 0 spiro atoms. The van der Waals surface area contributed by atoms with Crippen molar-refractivity contribution < 1.29 is 4.79 Å². The fourth-order valence-electron chi connectivity index (χ4n) is 2.20. The Morgan fingerprint density at radius 1 is 1.10 bits per heavy atom. The van der Waals surface area contributed by atoms with Crippen LogP contribution in [0.2, 0.25) is 0 Å². The van der Waals surface area contributed by atoms with Gasteiger partial charge in [-0.05, 0) is 67.0 Å². The summed E-state index contributed by atoms with van der Waals surface area (Å²) in [6.45, 7) is 6.65. The number of benzene rings is 2. The van der Waals surface area contributed by atoms with Crippen LogP contribution in [0.1, 0.15) is 29.8 Å². The van der Waals surface area contributed by atoms with Gasteiger partial charge in [-0.25, -0.2) is 0 Å². The second-order valence-electron chi connectivity index (χ2n) is 4.80. The summed E-state index contributed by atoms with van der Waals surface area (Å²) in [5, 5.41) is 0. The predicted molar refractivity (Wildman–Crippen MR) is 88.0 cm³/mol. The molecule has 0 unspecified atom stereocenters. The standard InChI is InChI=1S/C17H18BrNO/c1-4-19(14-7-5-12(2)6-8-14)15-9-10-16(13(3)20)17(18)11-15/h5-11H,4H2,1-3H3. The number of hydrogen-bond donors (Lipinski definition) is 0. The normalized spacial score (nSPS) is 10.4. The highest BCUT2D eigenvalue weighted by Gasteiger charge is 2.11. The predicted octanol–water partition coefficient (Wildman–Crippen LogP) is 5.12. The van der Waals surface area contributed by atoms with E-state index >= 15 is 0 Å². The van der Waals surface area contributed by atoms with Crippen molar-refractivity contribution in [2.45, 2.75) is 20.8 Å². The third kappa shape index (κ3) is 3.10. The van der Waals surface area contributed by atoms with Crippen LogP contribution in [0.3, 0.4) is 0 Å². The Bertz CT molecular complexity index is 619. The van der Waals surface area contributed by atoms with Gasteiger partial charge in [0.1, 0.15) is 0 Å². The van der Waals surface area contributed by atoms with Gasteiger partial charge in [0.15, 0.2) is 5.78 Å². The van der Waals surface area contributed by atoms with Gasteiger partial charge in [-0.15, -0.1) is 0 Å². The molecule has 3 heteroatoms. The van der Waals surface area contributed by atoms with Crippen molar-refractivity contribution in [1.29, 1.82) is 0 Å². The van der Waals surface area contributed by atoms with Crippen molar-refractivity contribution in [3.8, 4) is 0 Å².